The number of hydrogen-bond acceptors (Lipinski definition) is 2. The number of aliphatic hydroxyl groups is 1. The molecule has 1 N–H and O–H groups in total. The zero-order chi connectivity index (χ0) is 11.7. The van der Waals surface area contributed by atoms with Crippen LogP contribution in [0, 0.1) is 5.82 Å². The van der Waals surface area contributed by atoms with Crippen molar-refractivity contribution < 1.29 is 9.50 Å². The minimum absolute atomic E-state index is 0.229. The van der Waals surface area contributed by atoms with Crippen LogP contribution in [0.3, 0.4) is 0 Å². The van der Waals surface area contributed by atoms with Gasteiger partial charge in [0, 0.05) is 12.6 Å². The smallest absolute Gasteiger partial charge is 0.146 e. The third kappa shape index (κ3) is 2.19. The Morgan fingerprint density at radius 3 is 2.62 bits per heavy atom. The molecule has 2 rings (SSSR count). The van der Waals surface area contributed by atoms with E-state index in [0.717, 1.165) is 19.4 Å². The van der Waals surface area contributed by atoms with E-state index in [-0.39, 0.29) is 5.82 Å². The molecule has 1 fully saturated rings. The summed E-state index contributed by atoms with van der Waals surface area (Å²) in [5, 5.41) is 9.38. The predicted molar refractivity (Wildman–Crippen MR) is 63.1 cm³/mol. The third-order valence-electron chi connectivity index (χ3n) is 3.09. The summed E-state index contributed by atoms with van der Waals surface area (Å²) >= 11 is 0. The quantitative estimate of drug-likeness (QED) is 0.848. The molecule has 0 aliphatic heterocycles. The van der Waals surface area contributed by atoms with E-state index in [2.05, 4.69) is 4.90 Å². The highest BCUT2D eigenvalue weighted by atomic mass is 19.1. The molecule has 1 aromatic rings. The molecule has 0 bridgehead atoms. The Kier molecular flexibility index (Phi) is 3.15. The molecule has 0 saturated heterocycles. The van der Waals surface area contributed by atoms with Gasteiger partial charge in [0.05, 0.1) is 11.8 Å². The van der Waals surface area contributed by atoms with Gasteiger partial charge in [0.1, 0.15) is 5.82 Å². The molecular weight excluding hydrogens is 205 g/mol. The molecule has 1 saturated carbocycles. The van der Waals surface area contributed by atoms with Crippen LogP contribution in [0.4, 0.5) is 10.1 Å². The van der Waals surface area contributed by atoms with Crippen molar-refractivity contribution in [3.8, 4) is 0 Å². The highest BCUT2D eigenvalue weighted by Gasteiger charge is 2.29. The van der Waals surface area contributed by atoms with Crippen molar-refractivity contribution in [2.75, 3.05) is 11.4 Å². The van der Waals surface area contributed by atoms with E-state index in [1.807, 2.05) is 6.92 Å². The Morgan fingerprint density at radius 2 is 2.19 bits per heavy atom. The minimum atomic E-state index is -0.612. The van der Waals surface area contributed by atoms with Crippen molar-refractivity contribution in [1.82, 2.24) is 0 Å². The second-order valence-corrected chi connectivity index (χ2v) is 4.40. The molecular formula is C13H18FNO. The van der Waals surface area contributed by atoms with E-state index in [1.54, 1.807) is 19.1 Å². The molecule has 1 aromatic carbocycles. The summed E-state index contributed by atoms with van der Waals surface area (Å²) in [5.74, 6) is -0.229. The average molecular weight is 223 g/mol. The van der Waals surface area contributed by atoms with Crippen LogP contribution in [0.2, 0.25) is 0 Å². The Bertz CT molecular complexity index is 374. The average Bonchev–Trinajstić information content (AvgIpc) is 3.05. The monoisotopic (exact) mass is 223 g/mol. The van der Waals surface area contributed by atoms with Gasteiger partial charge in [-0.2, -0.15) is 0 Å². The fourth-order valence-corrected chi connectivity index (χ4v) is 2.03. The van der Waals surface area contributed by atoms with Gasteiger partial charge >= 0.3 is 0 Å². The largest absolute Gasteiger partial charge is 0.389 e. The van der Waals surface area contributed by atoms with Crippen LogP contribution in [-0.4, -0.2) is 17.7 Å². The molecule has 0 heterocycles. The van der Waals surface area contributed by atoms with Crippen LogP contribution in [-0.2, 0) is 0 Å². The number of aliphatic hydroxyl groups excluding tert-OH is 1. The minimum Gasteiger partial charge on any atom is -0.389 e. The molecule has 1 unspecified atom stereocenters. The van der Waals surface area contributed by atoms with Crippen LogP contribution in [0.25, 0.3) is 0 Å². The van der Waals surface area contributed by atoms with Gasteiger partial charge in [0.2, 0.25) is 0 Å². The molecule has 88 valence electrons. The van der Waals surface area contributed by atoms with Crippen LogP contribution in [0.5, 0.6) is 0 Å². The van der Waals surface area contributed by atoms with Gasteiger partial charge in [0.25, 0.3) is 0 Å². The number of nitrogens with zero attached hydrogens (tertiary/aromatic N) is 1. The highest BCUT2D eigenvalue weighted by Crippen LogP contribution is 2.33. The molecule has 2 nitrogen and oxygen atoms in total. The van der Waals surface area contributed by atoms with Crippen LogP contribution in [0.1, 0.15) is 38.4 Å². The maximum atomic E-state index is 13.9. The third-order valence-corrected chi connectivity index (χ3v) is 3.09. The van der Waals surface area contributed by atoms with Gasteiger partial charge in [-0.05, 0) is 44.4 Å². The number of anilines is 1. The maximum absolute atomic E-state index is 13.9. The van der Waals surface area contributed by atoms with Crippen molar-refractivity contribution in [3.63, 3.8) is 0 Å². The molecule has 3 heteroatoms. The van der Waals surface area contributed by atoms with E-state index in [4.69, 9.17) is 0 Å². The van der Waals surface area contributed by atoms with Crippen molar-refractivity contribution in [2.24, 2.45) is 0 Å². The lowest BCUT2D eigenvalue weighted by Gasteiger charge is -2.23. The van der Waals surface area contributed by atoms with Crippen LogP contribution < -0.4 is 4.90 Å². The fraction of sp³-hybridized carbons (Fsp3) is 0.538. The normalized spacial score (nSPS) is 17.2. The first-order chi connectivity index (χ1) is 7.63. The first-order valence-electron chi connectivity index (χ1n) is 5.87. The fourth-order valence-electron chi connectivity index (χ4n) is 2.03. The van der Waals surface area contributed by atoms with Gasteiger partial charge < -0.3 is 10.0 Å². The number of benzene rings is 1. The second kappa shape index (κ2) is 4.42. The Hall–Kier alpha value is -1.09. The summed E-state index contributed by atoms with van der Waals surface area (Å²) in [6.07, 6.45) is 1.70. The summed E-state index contributed by atoms with van der Waals surface area (Å²) < 4.78 is 13.9. The molecule has 0 aromatic heterocycles. The van der Waals surface area contributed by atoms with Gasteiger partial charge in [-0.1, -0.05) is 6.07 Å². The second-order valence-electron chi connectivity index (χ2n) is 4.40. The van der Waals surface area contributed by atoms with Crippen LogP contribution in [0.15, 0.2) is 18.2 Å². The summed E-state index contributed by atoms with van der Waals surface area (Å²) in [6, 6.07) is 5.52. The zero-order valence-corrected chi connectivity index (χ0v) is 9.78. The Balaban J connectivity index is 2.27. The van der Waals surface area contributed by atoms with Gasteiger partial charge in [-0.15, -0.1) is 0 Å². The summed E-state index contributed by atoms with van der Waals surface area (Å²) in [6.45, 7) is 4.52. The van der Waals surface area contributed by atoms with E-state index in [9.17, 15) is 9.50 Å². The lowest BCUT2D eigenvalue weighted by molar-refractivity contribution is 0.199. The number of hydrogen-bond donors (Lipinski definition) is 1. The highest BCUT2D eigenvalue weighted by molar-refractivity contribution is 5.51. The lowest BCUT2D eigenvalue weighted by Crippen LogP contribution is -2.26. The summed E-state index contributed by atoms with van der Waals surface area (Å²) in [7, 11) is 0. The van der Waals surface area contributed by atoms with E-state index in [0.29, 0.717) is 17.3 Å². The van der Waals surface area contributed by atoms with Crippen molar-refractivity contribution >= 4 is 5.69 Å². The van der Waals surface area contributed by atoms with Crippen molar-refractivity contribution in [1.29, 1.82) is 0 Å². The molecule has 0 amide bonds. The Morgan fingerprint density at radius 1 is 1.50 bits per heavy atom. The zero-order valence-electron chi connectivity index (χ0n) is 9.78. The molecule has 16 heavy (non-hydrogen) atoms. The SMILES string of the molecule is CCN(c1ccc(C(C)O)cc1F)C1CC1. The molecule has 1 aliphatic carbocycles. The Labute approximate surface area is 95.7 Å². The van der Waals surface area contributed by atoms with Gasteiger partial charge in [-0.3, -0.25) is 0 Å². The maximum Gasteiger partial charge on any atom is 0.146 e. The van der Waals surface area contributed by atoms with E-state index < -0.39 is 6.10 Å². The predicted octanol–water partition coefficient (Wildman–Crippen LogP) is 2.87. The lowest BCUT2D eigenvalue weighted by atomic mass is 10.1. The molecule has 1 atom stereocenters. The number of halogens is 1. The van der Waals surface area contributed by atoms with Crippen molar-refractivity contribution in [2.45, 2.75) is 38.8 Å². The van der Waals surface area contributed by atoms with Crippen molar-refractivity contribution in [3.05, 3.63) is 29.6 Å². The van der Waals surface area contributed by atoms with Crippen LogP contribution >= 0.6 is 0 Å². The molecule has 1 aliphatic rings. The molecule has 0 radical (unpaired) electrons. The van der Waals surface area contributed by atoms with E-state index in [1.165, 1.54) is 6.07 Å². The first-order valence-corrected chi connectivity index (χ1v) is 5.87. The summed E-state index contributed by atoms with van der Waals surface area (Å²) in [5.41, 5.74) is 1.29. The van der Waals surface area contributed by atoms with E-state index >= 15 is 0 Å². The standard InChI is InChI=1S/C13H18FNO/c1-3-15(11-5-6-11)13-7-4-10(9(2)16)8-12(13)14/h4,7-9,11,16H,3,5-6H2,1-2H3. The summed E-state index contributed by atoms with van der Waals surface area (Å²) in [4.78, 5) is 2.10. The topological polar surface area (TPSA) is 23.5 Å². The first kappa shape index (κ1) is 11.4. The molecule has 0 spiro atoms. The van der Waals surface area contributed by atoms with Gasteiger partial charge in [0.15, 0.2) is 0 Å². The number of rotatable bonds is 4. The van der Waals surface area contributed by atoms with Gasteiger partial charge in [-0.25, -0.2) is 4.39 Å².